The molecule has 0 spiro atoms. The van der Waals surface area contributed by atoms with Crippen molar-refractivity contribution in [3.8, 4) is 17.2 Å². The molecule has 7 nitrogen and oxygen atoms in total. The second-order valence-corrected chi connectivity index (χ2v) is 8.31. The number of nitrogens with zero attached hydrogens (tertiary/aromatic N) is 1. The van der Waals surface area contributed by atoms with Crippen molar-refractivity contribution < 1.29 is 23.8 Å². The quantitative estimate of drug-likeness (QED) is 0.609. The molecule has 5 rings (SSSR count). The van der Waals surface area contributed by atoms with E-state index >= 15 is 0 Å². The van der Waals surface area contributed by atoms with E-state index in [1.165, 1.54) is 0 Å². The zero-order valence-electron chi connectivity index (χ0n) is 17.8. The highest BCUT2D eigenvalue weighted by atomic mass is 35.5. The molecule has 0 saturated carbocycles. The van der Waals surface area contributed by atoms with Crippen LogP contribution >= 0.6 is 11.6 Å². The number of hydrogen-bond donors (Lipinski definition) is 1. The maximum atomic E-state index is 13.0. The lowest BCUT2D eigenvalue weighted by Gasteiger charge is -2.22. The third-order valence-corrected chi connectivity index (χ3v) is 5.90. The molecular formula is C25H21ClN2O5. The van der Waals surface area contributed by atoms with Gasteiger partial charge in [-0.1, -0.05) is 29.8 Å². The van der Waals surface area contributed by atoms with E-state index in [2.05, 4.69) is 5.32 Å². The third kappa shape index (κ3) is 4.32. The van der Waals surface area contributed by atoms with E-state index < -0.39 is 6.10 Å². The van der Waals surface area contributed by atoms with Gasteiger partial charge in [-0.25, -0.2) is 0 Å². The minimum atomic E-state index is -0.635. The zero-order valence-corrected chi connectivity index (χ0v) is 18.6. The van der Waals surface area contributed by atoms with Crippen molar-refractivity contribution in [3.63, 3.8) is 0 Å². The maximum Gasteiger partial charge on any atom is 0.263 e. The van der Waals surface area contributed by atoms with Crippen LogP contribution in [0.4, 0.5) is 5.69 Å². The Morgan fingerprint density at radius 2 is 1.85 bits per heavy atom. The normalized spacial score (nSPS) is 16.6. The Bertz CT molecular complexity index is 1250. The molecule has 0 saturated heterocycles. The van der Waals surface area contributed by atoms with Crippen LogP contribution in [0.25, 0.3) is 0 Å². The van der Waals surface area contributed by atoms with Gasteiger partial charge in [-0.2, -0.15) is 0 Å². The van der Waals surface area contributed by atoms with Crippen molar-refractivity contribution in [2.24, 2.45) is 0 Å². The fraction of sp³-hybridized carbons (Fsp3) is 0.200. The van der Waals surface area contributed by atoms with Gasteiger partial charge in [0.1, 0.15) is 5.75 Å². The lowest BCUT2D eigenvalue weighted by atomic mass is 10.1. The molecule has 3 aromatic rings. The summed E-state index contributed by atoms with van der Waals surface area (Å²) in [5, 5.41) is 3.25. The molecule has 2 aliphatic heterocycles. The first kappa shape index (κ1) is 21.2. The Balaban J connectivity index is 1.38. The van der Waals surface area contributed by atoms with Crippen LogP contribution in [0.2, 0.25) is 5.02 Å². The second kappa shape index (κ2) is 8.67. The van der Waals surface area contributed by atoms with Crippen molar-refractivity contribution >= 4 is 29.1 Å². The van der Waals surface area contributed by atoms with Crippen LogP contribution in [0, 0.1) is 0 Å². The van der Waals surface area contributed by atoms with E-state index in [0.717, 1.165) is 11.1 Å². The molecule has 1 N–H and O–H groups in total. The molecule has 2 aliphatic rings. The van der Waals surface area contributed by atoms with Gasteiger partial charge in [0.25, 0.3) is 11.8 Å². The van der Waals surface area contributed by atoms with Gasteiger partial charge >= 0.3 is 0 Å². The SMILES string of the molecule is C[C@@H]1Oc2ccc(NC(=O)c3ccccc3Cl)cc2CN(Cc2ccc3c(c2)OCO3)C1=O. The number of halogens is 1. The van der Waals surface area contributed by atoms with Crippen molar-refractivity contribution in [2.75, 3.05) is 12.1 Å². The third-order valence-electron chi connectivity index (χ3n) is 5.57. The lowest BCUT2D eigenvalue weighted by Crippen LogP contribution is -2.37. The topological polar surface area (TPSA) is 77.1 Å². The van der Waals surface area contributed by atoms with Crippen LogP contribution < -0.4 is 19.5 Å². The van der Waals surface area contributed by atoms with Gasteiger partial charge < -0.3 is 24.4 Å². The van der Waals surface area contributed by atoms with Crippen molar-refractivity contribution in [2.45, 2.75) is 26.1 Å². The molecule has 3 aromatic carbocycles. The summed E-state index contributed by atoms with van der Waals surface area (Å²) in [6.07, 6.45) is -0.635. The first-order valence-electron chi connectivity index (χ1n) is 10.5. The van der Waals surface area contributed by atoms with Gasteiger partial charge in [0.05, 0.1) is 10.6 Å². The summed E-state index contributed by atoms with van der Waals surface area (Å²) in [6.45, 7) is 2.65. The fourth-order valence-electron chi connectivity index (χ4n) is 3.91. The predicted octanol–water partition coefficient (Wildman–Crippen LogP) is 4.63. The molecule has 8 heteroatoms. The molecule has 168 valence electrons. The highest BCUT2D eigenvalue weighted by Crippen LogP contribution is 2.34. The number of benzene rings is 3. The van der Waals surface area contributed by atoms with E-state index in [9.17, 15) is 9.59 Å². The first-order chi connectivity index (χ1) is 16.0. The molecule has 0 fully saturated rings. The van der Waals surface area contributed by atoms with E-state index in [4.69, 9.17) is 25.8 Å². The average molecular weight is 465 g/mol. The summed E-state index contributed by atoms with van der Waals surface area (Å²) < 4.78 is 16.7. The maximum absolute atomic E-state index is 13.0. The van der Waals surface area contributed by atoms with E-state index in [1.54, 1.807) is 48.2 Å². The summed E-state index contributed by atoms with van der Waals surface area (Å²) in [6, 6.07) is 17.8. The van der Waals surface area contributed by atoms with Gasteiger partial charge in [0.2, 0.25) is 6.79 Å². The Morgan fingerprint density at radius 3 is 2.70 bits per heavy atom. The molecule has 2 amide bonds. The summed E-state index contributed by atoms with van der Waals surface area (Å²) in [5.41, 5.74) is 2.70. The molecule has 2 heterocycles. The van der Waals surface area contributed by atoms with Crippen LogP contribution in [-0.4, -0.2) is 29.6 Å². The van der Waals surface area contributed by atoms with Gasteiger partial charge in [0.15, 0.2) is 17.6 Å². The molecule has 1 atom stereocenters. The van der Waals surface area contributed by atoms with Gasteiger partial charge in [0, 0.05) is 24.3 Å². The lowest BCUT2D eigenvalue weighted by molar-refractivity contribution is -0.138. The molecule has 0 bridgehead atoms. The zero-order chi connectivity index (χ0) is 22.9. The van der Waals surface area contributed by atoms with Crippen molar-refractivity contribution in [1.29, 1.82) is 0 Å². The highest BCUT2D eigenvalue weighted by Gasteiger charge is 2.28. The Labute approximate surface area is 195 Å². The Hall–Kier alpha value is -3.71. The average Bonchev–Trinajstić information content (AvgIpc) is 3.23. The minimum Gasteiger partial charge on any atom is -0.481 e. The van der Waals surface area contributed by atoms with Crippen molar-refractivity contribution in [3.05, 3.63) is 82.4 Å². The molecule has 0 unspecified atom stereocenters. The summed E-state index contributed by atoms with van der Waals surface area (Å²) in [7, 11) is 0. The monoisotopic (exact) mass is 464 g/mol. The first-order valence-corrected chi connectivity index (χ1v) is 10.9. The van der Waals surface area contributed by atoms with E-state index in [-0.39, 0.29) is 18.6 Å². The highest BCUT2D eigenvalue weighted by molar-refractivity contribution is 6.34. The van der Waals surface area contributed by atoms with E-state index in [0.29, 0.717) is 46.6 Å². The van der Waals surface area contributed by atoms with Crippen molar-refractivity contribution in [1.82, 2.24) is 4.90 Å². The standard InChI is InChI=1S/C25H21ClN2O5/c1-15-25(30)28(12-16-6-8-22-23(10-16)32-14-31-22)13-17-11-18(7-9-21(17)33-15)27-24(29)19-4-2-3-5-20(19)26/h2-11,15H,12-14H2,1H3,(H,27,29)/t15-/m0/s1. The number of fused-ring (bicyclic) bond motifs is 2. The number of ether oxygens (including phenoxy) is 3. The van der Waals surface area contributed by atoms with Crippen LogP contribution in [-0.2, 0) is 17.9 Å². The summed E-state index contributed by atoms with van der Waals surface area (Å²) in [5.74, 6) is 1.55. The number of carbonyl (C=O) groups excluding carboxylic acids is 2. The number of hydrogen-bond acceptors (Lipinski definition) is 5. The van der Waals surface area contributed by atoms with E-state index in [1.807, 2.05) is 24.3 Å². The Kier molecular flexibility index (Phi) is 5.56. The summed E-state index contributed by atoms with van der Waals surface area (Å²) >= 11 is 6.14. The molecular weight excluding hydrogens is 444 g/mol. The predicted molar refractivity (Wildman–Crippen MR) is 123 cm³/mol. The van der Waals surface area contributed by atoms with Crippen LogP contribution in [0.3, 0.4) is 0 Å². The summed E-state index contributed by atoms with van der Waals surface area (Å²) in [4.78, 5) is 27.4. The fourth-order valence-corrected chi connectivity index (χ4v) is 4.14. The molecule has 0 aliphatic carbocycles. The molecule has 33 heavy (non-hydrogen) atoms. The Morgan fingerprint density at radius 1 is 1.06 bits per heavy atom. The number of amides is 2. The second-order valence-electron chi connectivity index (χ2n) is 7.90. The minimum absolute atomic E-state index is 0.120. The van der Waals surface area contributed by atoms with Crippen LogP contribution in [0.15, 0.2) is 60.7 Å². The number of nitrogens with one attached hydrogen (secondary N) is 1. The molecule has 0 radical (unpaired) electrons. The van der Waals surface area contributed by atoms with Crippen LogP contribution in [0.1, 0.15) is 28.4 Å². The van der Waals surface area contributed by atoms with Gasteiger partial charge in [-0.05, 0) is 55.0 Å². The van der Waals surface area contributed by atoms with Crippen LogP contribution in [0.5, 0.6) is 17.2 Å². The number of carbonyl (C=O) groups is 2. The smallest absolute Gasteiger partial charge is 0.263 e. The molecule has 0 aromatic heterocycles. The number of rotatable bonds is 4. The largest absolute Gasteiger partial charge is 0.481 e. The number of anilines is 1. The van der Waals surface area contributed by atoms with Gasteiger partial charge in [-0.3, -0.25) is 9.59 Å². The van der Waals surface area contributed by atoms with Gasteiger partial charge in [-0.15, -0.1) is 0 Å².